The third kappa shape index (κ3) is 2.96. The summed E-state index contributed by atoms with van der Waals surface area (Å²) in [7, 11) is 0. The standard InChI is InChI=1S/C27H28N6O/c28-23-18-9-5-4-8-17(18)15-27(23)10-12-33(13-11-27)26-29-24-21(25(34)30-26)22(31-32-24)20-14-19(20)16-6-2-1-3-7-16/h1-9,19-20,23H,10-15,28H2,(H2,29,30,31,32,34)/t19-,20-,23+/m0/s1. The number of hydrogen-bond acceptors (Lipinski definition) is 5. The molecule has 2 aromatic heterocycles. The van der Waals surface area contributed by atoms with Gasteiger partial charge in [0.2, 0.25) is 5.95 Å². The van der Waals surface area contributed by atoms with Gasteiger partial charge in [-0.25, -0.2) is 0 Å². The Bertz CT molecular complexity index is 1430. The van der Waals surface area contributed by atoms with Crippen molar-refractivity contribution in [3.63, 3.8) is 0 Å². The van der Waals surface area contributed by atoms with E-state index in [-0.39, 0.29) is 17.0 Å². The van der Waals surface area contributed by atoms with Gasteiger partial charge in [0.25, 0.3) is 5.56 Å². The van der Waals surface area contributed by atoms with E-state index in [1.54, 1.807) is 0 Å². The van der Waals surface area contributed by atoms with Crippen LogP contribution in [0.5, 0.6) is 0 Å². The number of fused-ring (bicyclic) bond motifs is 2. The number of nitrogens with one attached hydrogen (secondary N) is 2. The number of nitrogens with two attached hydrogens (primary N) is 1. The van der Waals surface area contributed by atoms with Gasteiger partial charge in [-0.2, -0.15) is 10.1 Å². The quantitative estimate of drug-likeness (QED) is 0.439. The average Bonchev–Trinajstić information content (AvgIpc) is 3.47. The first kappa shape index (κ1) is 20.0. The van der Waals surface area contributed by atoms with Gasteiger partial charge in [-0.05, 0) is 53.7 Å². The Morgan fingerprint density at radius 3 is 2.56 bits per heavy atom. The highest BCUT2D eigenvalue weighted by atomic mass is 16.1. The van der Waals surface area contributed by atoms with Crippen LogP contribution in [-0.2, 0) is 6.42 Å². The molecule has 172 valence electrons. The summed E-state index contributed by atoms with van der Waals surface area (Å²) < 4.78 is 0. The van der Waals surface area contributed by atoms with Crippen LogP contribution < -0.4 is 16.2 Å². The fraction of sp³-hybridized carbons (Fsp3) is 0.370. The molecule has 3 atom stereocenters. The molecule has 2 aromatic carbocycles. The molecular formula is C27H28N6O. The van der Waals surface area contributed by atoms with Crippen LogP contribution >= 0.6 is 0 Å². The topological polar surface area (TPSA) is 104 Å². The number of nitrogens with zero attached hydrogens (tertiary/aromatic N) is 3. The van der Waals surface area contributed by atoms with Crippen molar-refractivity contribution in [1.82, 2.24) is 20.2 Å². The lowest BCUT2D eigenvalue weighted by Crippen LogP contribution is -2.45. The van der Waals surface area contributed by atoms with Crippen molar-refractivity contribution < 1.29 is 0 Å². The summed E-state index contributed by atoms with van der Waals surface area (Å²) in [5.74, 6) is 1.34. The van der Waals surface area contributed by atoms with Crippen molar-refractivity contribution in [2.24, 2.45) is 11.1 Å². The summed E-state index contributed by atoms with van der Waals surface area (Å²) in [6.45, 7) is 1.65. The Balaban J connectivity index is 1.12. The number of piperidine rings is 1. The zero-order chi connectivity index (χ0) is 22.9. The normalized spacial score (nSPS) is 25.1. The summed E-state index contributed by atoms with van der Waals surface area (Å²) in [5.41, 5.74) is 12.1. The van der Waals surface area contributed by atoms with Gasteiger partial charge in [0.1, 0.15) is 5.39 Å². The molecule has 4 aromatic rings. The third-order valence-electron chi connectivity index (χ3n) is 8.48. The third-order valence-corrected chi connectivity index (χ3v) is 8.48. The molecule has 7 nitrogen and oxygen atoms in total. The number of anilines is 1. The highest BCUT2D eigenvalue weighted by Crippen LogP contribution is 2.55. The lowest BCUT2D eigenvalue weighted by molar-refractivity contribution is 0.187. The van der Waals surface area contributed by atoms with Crippen LogP contribution in [0.4, 0.5) is 5.95 Å². The number of aromatic amines is 2. The lowest BCUT2D eigenvalue weighted by Gasteiger charge is -2.42. The minimum absolute atomic E-state index is 0.0744. The van der Waals surface area contributed by atoms with Gasteiger partial charge < -0.3 is 10.6 Å². The minimum Gasteiger partial charge on any atom is -0.342 e. The van der Waals surface area contributed by atoms with E-state index in [2.05, 4.69) is 68.6 Å². The van der Waals surface area contributed by atoms with Crippen molar-refractivity contribution in [3.05, 3.63) is 87.3 Å². The van der Waals surface area contributed by atoms with E-state index >= 15 is 0 Å². The van der Waals surface area contributed by atoms with E-state index in [1.807, 2.05) is 6.07 Å². The molecule has 3 aliphatic rings. The van der Waals surface area contributed by atoms with Crippen molar-refractivity contribution in [3.8, 4) is 0 Å². The largest absolute Gasteiger partial charge is 0.342 e. The number of rotatable bonds is 3. The van der Waals surface area contributed by atoms with Crippen LogP contribution in [0, 0.1) is 5.41 Å². The lowest BCUT2D eigenvalue weighted by atomic mass is 9.73. The van der Waals surface area contributed by atoms with E-state index in [1.165, 1.54) is 16.7 Å². The van der Waals surface area contributed by atoms with Crippen LogP contribution in [0.3, 0.4) is 0 Å². The molecule has 2 fully saturated rings. The Kier molecular flexibility index (Phi) is 4.27. The first-order valence-corrected chi connectivity index (χ1v) is 12.2. The molecule has 1 saturated heterocycles. The minimum atomic E-state index is -0.104. The zero-order valence-electron chi connectivity index (χ0n) is 19.0. The first-order chi connectivity index (χ1) is 16.6. The van der Waals surface area contributed by atoms with Gasteiger partial charge >= 0.3 is 0 Å². The van der Waals surface area contributed by atoms with Gasteiger partial charge in [-0.1, -0.05) is 54.6 Å². The predicted molar refractivity (Wildman–Crippen MR) is 132 cm³/mol. The van der Waals surface area contributed by atoms with Crippen LogP contribution in [0.25, 0.3) is 11.0 Å². The first-order valence-electron chi connectivity index (χ1n) is 12.2. The van der Waals surface area contributed by atoms with E-state index in [0.717, 1.165) is 44.5 Å². The maximum absolute atomic E-state index is 13.1. The van der Waals surface area contributed by atoms with Gasteiger partial charge in [-0.3, -0.25) is 14.9 Å². The van der Waals surface area contributed by atoms with Crippen molar-refractivity contribution in [1.29, 1.82) is 0 Å². The summed E-state index contributed by atoms with van der Waals surface area (Å²) in [6.07, 6.45) is 4.03. The predicted octanol–water partition coefficient (Wildman–Crippen LogP) is 3.76. The fourth-order valence-electron chi connectivity index (χ4n) is 6.41. The van der Waals surface area contributed by atoms with Crippen LogP contribution in [0.1, 0.15) is 59.5 Å². The van der Waals surface area contributed by atoms with Gasteiger partial charge in [0.05, 0.1) is 5.69 Å². The van der Waals surface area contributed by atoms with Crippen molar-refractivity contribution in [2.75, 3.05) is 18.0 Å². The fourth-order valence-corrected chi connectivity index (χ4v) is 6.41. The Hall–Kier alpha value is -3.45. The van der Waals surface area contributed by atoms with Crippen molar-refractivity contribution >= 4 is 17.0 Å². The molecule has 0 amide bonds. The second kappa shape index (κ2) is 7.27. The molecule has 1 saturated carbocycles. The molecule has 7 heteroatoms. The molecule has 7 rings (SSSR count). The highest BCUT2D eigenvalue weighted by molar-refractivity contribution is 5.79. The molecule has 34 heavy (non-hydrogen) atoms. The number of hydrogen-bond donors (Lipinski definition) is 3. The molecule has 1 spiro atoms. The zero-order valence-corrected chi connectivity index (χ0v) is 19.0. The molecule has 0 unspecified atom stereocenters. The molecule has 4 N–H and O–H groups in total. The number of benzene rings is 2. The van der Waals surface area contributed by atoms with E-state index in [4.69, 9.17) is 10.7 Å². The summed E-state index contributed by atoms with van der Waals surface area (Å²) in [6, 6.07) is 19.1. The summed E-state index contributed by atoms with van der Waals surface area (Å²) in [4.78, 5) is 23.1. The maximum atomic E-state index is 13.1. The summed E-state index contributed by atoms with van der Waals surface area (Å²) in [5, 5.41) is 8.17. The smallest absolute Gasteiger partial charge is 0.263 e. The summed E-state index contributed by atoms with van der Waals surface area (Å²) >= 11 is 0. The van der Waals surface area contributed by atoms with Crippen molar-refractivity contribution in [2.45, 2.75) is 43.6 Å². The maximum Gasteiger partial charge on any atom is 0.263 e. The molecule has 0 radical (unpaired) electrons. The van der Waals surface area contributed by atoms with E-state index in [9.17, 15) is 4.79 Å². The second-order valence-electron chi connectivity index (χ2n) is 10.3. The number of H-pyrrole nitrogens is 2. The average molecular weight is 453 g/mol. The van der Waals surface area contributed by atoms with E-state index in [0.29, 0.717) is 28.8 Å². The van der Waals surface area contributed by atoms with Gasteiger partial charge in [-0.15, -0.1) is 0 Å². The molecule has 0 bridgehead atoms. The van der Waals surface area contributed by atoms with E-state index < -0.39 is 0 Å². The van der Waals surface area contributed by atoms with Crippen LogP contribution in [0.2, 0.25) is 0 Å². The monoisotopic (exact) mass is 452 g/mol. The highest BCUT2D eigenvalue weighted by Gasteiger charge is 2.46. The molecular weight excluding hydrogens is 424 g/mol. The van der Waals surface area contributed by atoms with Crippen LogP contribution in [0.15, 0.2) is 59.4 Å². The molecule has 3 heterocycles. The Morgan fingerprint density at radius 1 is 1.00 bits per heavy atom. The number of aromatic nitrogens is 4. The molecule has 1 aliphatic heterocycles. The Morgan fingerprint density at radius 2 is 1.76 bits per heavy atom. The van der Waals surface area contributed by atoms with Crippen LogP contribution in [-0.4, -0.2) is 33.3 Å². The SMILES string of the molecule is N[C@@H]1c2ccccc2CC12CCN(c1nc3n[nH]c([C@H]4C[C@H]4c4ccccc4)c3c(=O)[nH]1)CC2. The second-order valence-corrected chi connectivity index (χ2v) is 10.3. The molecule has 2 aliphatic carbocycles. The van der Waals surface area contributed by atoms with Gasteiger partial charge in [0, 0.05) is 25.0 Å². The Labute approximate surface area is 197 Å². The van der Waals surface area contributed by atoms with Gasteiger partial charge in [0.15, 0.2) is 5.65 Å².